The highest BCUT2D eigenvalue weighted by molar-refractivity contribution is 5.61. The Morgan fingerprint density at radius 2 is 1.96 bits per heavy atom. The van der Waals surface area contributed by atoms with E-state index in [-0.39, 0.29) is 23.0 Å². The summed E-state index contributed by atoms with van der Waals surface area (Å²) in [6.45, 7) is 0. The molecule has 2 aromatic heterocycles. The molecule has 0 aliphatic heterocycles. The molecule has 3 aromatic rings. The number of benzene rings is 1. The Labute approximate surface area is 127 Å². The largest absolute Gasteiger partial charge is 0.504 e. The van der Waals surface area contributed by atoms with Crippen molar-refractivity contribution in [3.05, 3.63) is 36.2 Å². The minimum Gasteiger partial charge on any atom is -0.504 e. The Kier molecular flexibility index (Phi) is 3.43. The van der Waals surface area contributed by atoms with Crippen molar-refractivity contribution in [2.75, 3.05) is 12.4 Å². The lowest BCUT2D eigenvalue weighted by atomic mass is 10.2. The van der Waals surface area contributed by atoms with Gasteiger partial charge in [-0.05, 0) is 24.3 Å². The number of phenols is 1. The fourth-order valence-corrected chi connectivity index (χ4v) is 1.95. The van der Waals surface area contributed by atoms with Crippen LogP contribution in [0.25, 0.3) is 5.65 Å². The van der Waals surface area contributed by atoms with Gasteiger partial charge >= 0.3 is 6.18 Å². The van der Waals surface area contributed by atoms with Gasteiger partial charge in [0, 0.05) is 11.8 Å². The fourth-order valence-electron chi connectivity index (χ4n) is 1.95. The van der Waals surface area contributed by atoms with Gasteiger partial charge in [-0.25, -0.2) is 0 Å². The first-order valence-corrected chi connectivity index (χ1v) is 6.32. The van der Waals surface area contributed by atoms with E-state index in [2.05, 4.69) is 20.6 Å². The molecule has 0 radical (unpaired) electrons. The first-order valence-electron chi connectivity index (χ1n) is 6.32. The summed E-state index contributed by atoms with van der Waals surface area (Å²) in [5, 5.41) is 22.8. The molecule has 0 aliphatic carbocycles. The number of hydrogen-bond acceptors (Lipinski definition) is 6. The number of nitrogens with one attached hydrogen (secondary N) is 1. The summed E-state index contributed by atoms with van der Waals surface area (Å²) in [5.74, 6) is -0.919. The first-order chi connectivity index (χ1) is 10.9. The lowest BCUT2D eigenvalue weighted by Gasteiger charge is -2.09. The third-order valence-electron chi connectivity index (χ3n) is 2.97. The molecule has 0 saturated carbocycles. The molecule has 7 nitrogen and oxygen atoms in total. The summed E-state index contributed by atoms with van der Waals surface area (Å²) in [6, 6.07) is 7.26. The zero-order chi connectivity index (χ0) is 16.6. The van der Waals surface area contributed by atoms with Crippen LogP contribution in [0.2, 0.25) is 0 Å². The molecular weight excluding hydrogens is 315 g/mol. The smallest absolute Gasteiger partial charge is 0.453 e. The number of methoxy groups -OCH3 is 1. The van der Waals surface area contributed by atoms with Crippen LogP contribution >= 0.6 is 0 Å². The van der Waals surface area contributed by atoms with Crippen molar-refractivity contribution in [3.63, 3.8) is 0 Å². The van der Waals surface area contributed by atoms with Gasteiger partial charge in [0.2, 0.25) is 0 Å². The molecule has 2 N–H and O–H groups in total. The summed E-state index contributed by atoms with van der Waals surface area (Å²) in [5.41, 5.74) is 0.400. The second-order valence-electron chi connectivity index (χ2n) is 4.52. The number of aromatic hydroxyl groups is 1. The molecule has 1 aromatic carbocycles. The number of fused-ring (bicyclic) bond motifs is 1. The van der Waals surface area contributed by atoms with Gasteiger partial charge in [0.05, 0.1) is 7.11 Å². The minimum absolute atomic E-state index is 0.0274. The van der Waals surface area contributed by atoms with E-state index >= 15 is 0 Å². The van der Waals surface area contributed by atoms with Gasteiger partial charge in [0.1, 0.15) is 0 Å². The molecule has 10 heteroatoms. The number of alkyl halides is 3. The molecule has 0 unspecified atom stereocenters. The number of nitrogens with zero attached hydrogens (tertiary/aromatic N) is 4. The van der Waals surface area contributed by atoms with E-state index in [1.54, 1.807) is 6.07 Å². The van der Waals surface area contributed by atoms with Crippen LogP contribution in [0, 0.1) is 0 Å². The fraction of sp³-hybridized carbons (Fsp3) is 0.154. The van der Waals surface area contributed by atoms with E-state index in [9.17, 15) is 18.3 Å². The number of ether oxygens (including phenoxy) is 1. The molecule has 0 bridgehead atoms. The number of hydrogen-bond donors (Lipinski definition) is 2. The quantitative estimate of drug-likeness (QED) is 0.770. The third-order valence-corrected chi connectivity index (χ3v) is 2.97. The van der Waals surface area contributed by atoms with E-state index in [1.165, 1.54) is 31.4 Å². The minimum atomic E-state index is -4.66. The highest BCUT2D eigenvalue weighted by atomic mass is 19.4. The SMILES string of the molecule is COc1ccc(Nc2ccc3nnc(C(F)(F)F)n3n2)cc1O. The number of rotatable bonds is 3. The van der Waals surface area contributed by atoms with E-state index in [0.717, 1.165) is 0 Å². The number of halogens is 3. The summed E-state index contributed by atoms with van der Waals surface area (Å²) in [6.07, 6.45) is -4.66. The highest BCUT2D eigenvalue weighted by Crippen LogP contribution is 2.30. The molecule has 0 aliphatic rings. The zero-order valence-electron chi connectivity index (χ0n) is 11.7. The van der Waals surface area contributed by atoms with E-state index < -0.39 is 12.0 Å². The van der Waals surface area contributed by atoms with Crippen molar-refractivity contribution < 1.29 is 23.0 Å². The zero-order valence-corrected chi connectivity index (χ0v) is 11.7. The van der Waals surface area contributed by atoms with Crippen molar-refractivity contribution in [2.45, 2.75) is 6.18 Å². The average Bonchev–Trinajstić information content (AvgIpc) is 2.90. The van der Waals surface area contributed by atoms with Gasteiger partial charge < -0.3 is 15.2 Å². The lowest BCUT2D eigenvalue weighted by Crippen LogP contribution is -2.13. The lowest BCUT2D eigenvalue weighted by molar-refractivity contribution is -0.146. The molecule has 0 spiro atoms. The maximum absolute atomic E-state index is 12.8. The van der Waals surface area contributed by atoms with Crippen LogP contribution in [-0.4, -0.2) is 32.0 Å². The second-order valence-corrected chi connectivity index (χ2v) is 4.52. The first kappa shape index (κ1) is 14.9. The van der Waals surface area contributed by atoms with Gasteiger partial charge in [-0.1, -0.05) is 0 Å². The van der Waals surface area contributed by atoms with Crippen molar-refractivity contribution >= 4 is 17.2 Å². The van der Waals surface area contributed by atoms with Crippen LogP contribution in [0.15, 0.2) is 30.3 Å². The summed E-state index contributed by atoms with van der Waals surface area (Å²) < 4.78 is 44.0. The van der Waals surface area contributed by atoms with E-state index in [0.29, 0.717) is 10.2 Å². The number of aromatic nitrogens is 4. The number of anilines is 2. The summed E-state index contributed by atoms with van der Waals surface area (Å²) >= 11 is 0. The predicted octanol–water partition coefficient (Wildman–Crippen LogP) is 2.60. The molecular formula is C13H10F3N5O2. The van der Waals surface area contributed by atoms with Crippen LogP contribution in [0.3, 0.4) is 0 Å². The Balaban J connectivity index is 1.96. The van der Waals surface area contributed by atoms with Crippen molar-refractivity contribution in [1.29, 1.82) is 0 Å². The molecule has 2 heterocycles. The third kappa shape index (κ3) is 2.82. The highest BCUT2D eigenvalue weighted by Gasteiger charge is 2.37. The molecule has 3 rings (SSSR count). The molecule has 23 heavy (non-hydrogen) atoms. The van der Waals surface area contributed by atoms with Crippen LogP contribution in [0.4, 0.5) is 24.7 Å². The Morgan fingerprint density at radius 3 is 2.61 bits per heavy atom. The molecule has 0 atom stereocenters. The molecule has 0 saturated heterocycles. The van der Waals surface area contributed by atoms with Gasteiger partial charge in [-0.3, -0.25) is 0 Å². The van der Waals surface area contributed by atoms with Crippen molar-refractivity contribution in [1.82, 2.24) is 19.8 Å². The van der Waals surface area contributed by atoms with Gasteiger partial charge in [0.15, 0.2) is 23.0 Å². The van der Waals surface area contributed by atoms with Crippen LogP contribution < -0.4 is 10.1 Å². The monoisotopic (exact) mass is 325 g/mol. The van der Waals surface area contributed by atoms with Gasteiger partial charge in [0.25, 0.3) is 5.82 Å². The summed E-state index contributed by atoms with van der Waals surface area (Å²) in [7, 11) is 1.41. The van der Waals surface area contributed by atoms with Gasteiger partial charge in [-0.15, -0.1) is 15.3 Å². The second kappa shape index (κ2) is 5.30. The van der Waals surface area contributed by atoms with Crippen molar-refractivity contribution in [2.24, 2.45) is 0 Å². The predicted molar refractivity (Wildman–Crippen MR) is 73.7 cm³/mol. The van der Waals surface area contributed by atoms with E-state index in [1.807, 2.05) is 0 Å². The summed E-state index contributed by atoms with van der Waals surface area (Å²) in [4.78, 5) is 0. The van der Waals surface area contributed by atoms with Gasteiger partial charge in [-0.2, -0.15) is 17.7 Å². The maximum Gasteiger partial charge on any atom is 0.453 e. The van der Waals surface area contributed by atoms with Crippen molar-refractivity contribution in [3.8, 4) is 11.5 Å². The van der Waals surface area contributed by atoms with Crippen LogP contribution in [0.5, 0.6) is 11.5 Å². The van der Waals surface area contributed by atoms with E-state index in [4.69, 9.17) is 4.74 Å². The number of phenolic OH excluding ortho intramolecular Hbond substituents is 1. The molecule has 120 valence electrons. The topological polar surface area (TPSA) is 84.6 Å². The maximum atomic E-state index is 12.8. The average molecular weight is 325 g/mol. The van der Waals surface area contributed by atoms with Crippen LogP contribution in [0.1, 0.15) is 5.82 Å². The Hall–Kier alpha value is -3.04. The molecule has 0 fully saturated rings. The molecule has 0 amide bonds. The Morgan fingerprint density at radius 1 is 1.17 bits per heavy atom. The Bertz CT molecular complexity index is 862. The normalized spacial score (nSPS) is 11.7. The van der Waals surface area contributed by atoms with Crippen LogP contribution in [-0.2, 0) is 6.18 Å². The standard InChI is InChI=1S/C13H10F3N5O2/c1-23-9-3-2-7(6-8(9)22)17-10-4-5-11-18-19-12(13(14,15)16)21(11)20-10/h2-6,22H,1H3,(H,17,20).